The van der Waals surface area contributed by atoms with E-state index in [0.29, 0.717) is 5.41 Å². The molecule has 1 saturated carbocycles. The first-order valence-corrected chi connectivity index (χ1v) is 6.61. The zero-order valence-corrected chi connectivity index (χ0v) is 10.6. The first kappa shape index (κ1) is 10.4. The average Bonchev–Trinajstić information content (AvgIpc) is 3.00. The van der Waals surface area contributed by atoms with E-state index in [1.165, 1.54) is 29.3 Å². The van der Waals surface area contributed by atoms with Crippen molar-refractivity contribution in [3.8, 4) is 5.75 Å². The maximum atomic E-state index is 5.27. The van der Waals surface area contributed by atoms with Crippen molar-refractivity contribution in [2.24, 2.45) is 5.92 Å². The van der Waals surface area contributed by atoms with Crippen LogP contribution in [0.1, 0.15) is 12.0 Å². The summed E-state index contributed by atoms with van der Waals surface area (Å²) in [7, 11) is 1.72. The van der Waals surface area contributed by atoms with Crippen molar-refractivity contribution < 1.29 is 4.74 Å². The number of benzene rings is 2. The van der Waals surface area contributed by atoms with Crippen molar-refractivity contribution in [2.45, 2.75) is 11.8 Å². The van der Waals surface area contributed by atoms with E-state index in [4.69, 9.17) is 4.74 Å². The van der Waals surface area contributed by atoms with E-state index in [1.54, 1.807) is 7.11 Å². The van der Waals surface area contributed by atoms with E-state index in [0.717, 1.165) is 18.2 Å². The van der Waals surface area contributed by atoms with Gasteiger partial charge in [0.05, 0.1) is 7.11 Å². The molecule has 1 unspecified atom stereocenters. The van der Waals surface area contributed by atoms with Gasteiger partial charge in [-0.1, -0.05) is 24.3 Å². The molecule has 0 aromatic heterocycles. The normalized spacial score (nSPS) is 29.3. The fourth-order valence-corrected chi connectivity index (χ4v) is 3.45. The summed E-state index contributed by atoms with van der Waals surface area (Å²) in [5.41, 5.74) is 1.96. The molecule has 0 bridgehead atoms. The lowest BCUT2D eigenvalue weighted by molar-refractivity contribution is 0.415. The first-order valence-electron chi connectivity index (χ1n) is 6.61. The summed E-state index contributed by atoms with van der Waals surface area (Å²) in [4.78, 5) is 0. The number of hydrogen-bond acceptors (Lipinski definition) is 2. The summed E-state index contributed by atoms with van der Waals surface area (Å²) < 4.78 is 5.27. The summed E-state index contributed by atoms with van der Waals surface area (Å²) in [5.74, 6) is 1.80. The molecule has 92 valence electrons. The minimum absolute atomic E-state index is 0.452. The molecular formula is C16H17NO. The lowest BCUT2D eigenvalue weighted by atomic mass is 9.93. The van der Waals surface area contributed by atoms with Gasteiger partial charge in [-0.15, -0.1) is 0 Å². The number of methoxy groups -OCH3 is 1. The van der Waals surface area contributed by atoms with Gasteiger partial charge >= 0.3 is 0 Å². The molecule has 2 aromatic carbocycles. The molecule has 18 heavy (non-hydrogen) atoms. The van der Waals surface area contributed by atoms with Gasteiger partial charge in [-0.25, -0.2) is 0 Å². The molecule has 2 fully saturated rings. The van der Waals surface area contributed by atoms with Gasteiger partial charge in [0.15, 0.2) is 0 Å². The third-order valence-electron chi connectivity index (χ3n) is 4.69. The molecule has 2 aliphatic rings. The lowest BCUT2D eigenvalue weighted by Crippen LogP contribution is -2.19. The Labute approximate surface area is 107 Å². The van der Waals surface area contributed by atoms with Crippen LogP contribution in [0.3, 0.4) is 0 Å². The third-order valence-corrected chi connectivity index (χ3v) is 4.69. The van der Waals surface area contributed by atoms with E-state index in [-0.39, 0.29) is 0 Å². The van der Waals surface area contributed by atoms with Crippen molar-refractivity contribution in [2.75, 3.05) is 20.2 Å². The van der Waals surface area contributed by atoms with Gasteiger partial charge in [-0.05, 0) is 47.4 Å². The number of piperidine rings is 1. The van der Waals surface area contributed by atoms with Crippen LogP contribution >= 0.6 is 0 Å². The maximum Gasteiger partial charge on any atom is 0.119 e. The van der Waals surface area contributed by atoms with Crippen LogP contribution in [0.5, 0.6) is 5.75 Å². The first-order chi connectivity index (χ1) is 8.82. The van der Waals surface area contributed by atoms with Crippen molar-refractivity contribution >= 4 is 10.8 Å². The largest absolute Gasteiger partial charge is 0.497 e. The minimum Gasteiger partial charge on any atom is -0.497 e. The SMILES string of the molecule is COc1ccc2cc([C@]34CNCC3C4)ccc2c1. The van der Waals surface area contributed by atoms with E-state index in [2.05, 4.69) is 35.6 Å². The summed E-state index contributed by atoms with van der Waals surface area (Å²) in [5, 5.41) is 6.09. The highest BCUT2D eigenvalue weighted by Crippen LogP contribution is 2.56. The molecule has 1 aliphatic carbocycles. The standard InChI is InChI=1S/C16H17NO/c1-18-15-5-3-11-6-13(4-2-12(11)7-15)16-8-14(16)9-17-10-16/h2-7,14,17H,8-10H2,1H3/t14?,16-/m0/s1. The zero-order valence-electron chi connectivity index (χ0n) is 10.6. The molecule has 1 aliphatic heterocycles. The van der Waals surface area contributed by atoms with Crippen LogP contribution in [-0.2, 0) is 5.41 Å². The van der Waals surface area contributed by atoms with E-state index < -0.39 is 0 Å². The molecule has 0 amide bonds. The monoisotopic (exact) mass is 239 g/mol. The molecule has 2 nitrogen and oxygen atoms in total. The van der Waals surface area contributed by atoms with Gasteiger partial charge < -0.3 is 10.1 Å². The second kappa shape index (κ2) is 3.48. The summed E-state index contributed by atoms with van der Waals surface area (Å²) in [6.07, 6.45) is 1.36. The molecule has 1 saturated heterocycles. The van der Waals surface area contributed by atoms with Gasteiger partial charge in [0.2, 0.25) is 0 Å². The number of hydrogen-bond donors (Lipinski definition) is 1. The van der Waals surface area contributed by atoms with Gasteiger partial charge in [-0.2, -0.15) is 0 Å². The van der Waals surface area contributed by atoms with Crippen molar-refractivity contribution in [1.29, 1.82) is 0 Å². The maximum absolute atomic E-state index is 5.27. The highest BCUT2D eigenvalue weighted by atomic mass is 16.5. The van der Waals surface area contributed by atoms with Crippen LogP contribution in [0.15, 0.2) is 36.4 Å². The predicted octanol–water partition coefficient (Wildman–Crippen LogP) is 2.71. The summed E-state index contributed by atoms with van der Waals surface area (Å²) in [6.45, 7) is 2.35. The Bertz CT molecular complexity index is 622. The van der Waals surface area contributed by atoms with Crippen LogP contribution in [0, 0.1) is 5.92 Å². The smallest absolute Gasteiger partial charge is 0.119 e. The summed E-state index contributed by atoms with van der Waals surface area (Å²) in [6, 6.07) is 13.2. The number of fused-ring (bicyclic) bond motifs is 2. The second-order valence-electron chi connectivity index (χ2n) is 5.62. The molecule has 0 spiro atoms. The Hall–Kier alpha value is -1.54. The Morgan fingerprint density at radius 1 is 1.17 bits per heavy atom. The quantitative estimate of drug-likeness (QED) is 0.870. The number of nitrogens with one attached hydrogen (secondary N) is 1. The van der Waals surface area contributed by atoms with E-state index >= 15 is 0 Å². The van der Waals surface area contributed by atoms with Gasteiger partial charge in [0, 0.05) is 12.0 Å². The zero-order chi connectivity index (χ0) is 12.2. The molecular weight excluding hydrogens is 222 g/mol. The minimum atomic E-state index is 0.452. The van der Waals surface area contributed by atoms with Crippen LogP contribution in [0.4, 0.5) is 0 Å². The average molecular weight is 239 g/mol. The van der Waals surface area contributed by atoms with Crippen LogP contribution in [-0.4, -0.2) is 20.2 Å². The van der Waals surface area contributed by atoms with E-state index in [9.17, 15) is 0 Å². The number of ether oxygens (including phenoxy) is 1. The molecule has 1 heterocycles. The highest BCUT2D eigenvalue weighted by molar-refractivity contribution is 5.85. The molecule has 2 atom stereocenters. The Morgan fingerprint density at radius 2 is 2.00 bits per heavy atom. The van der Waals surface area contributed by atoms with Crippen molar-refractivity contribution in [1.82, 2.24) is 5.32 Å². The fourth-order valence-electron chi connectivity index (χ4n) is 3.45. The Morgan fingerprint density at radius 3 is 2.72 bits per heavy atom. The van der Waals surface area contributed by atoms with Gasteiger partial charge in [0.25, 0.3) is 0 Å². The Balaban J connectivity index is 1.80. The molecule has 0 radical (unpaired) electrons. The Kier molecular flexibility index (Phi) is 2.01. The summed E-state index contributed by atoms with van der Waals surface area (Å²) >= 11 is 0. The van der Waals surface area contributed by atoms with Crippen LogP contribution in [0.25, 0.3) is 10.8 Å². The van der Waals surface area contributed by atoms with Gasteiger partial charge in [-0.3, -0.25) is 0 Å². The van der Waals surface area contributed by atoms with Gasteiger partial charge in [0.1, 0.15) is 5.75 Å². The molecule has 1 N–H and O–H groups in total. The molecule has 2 heteroatoms. The lowest BCUT2D eigenvalue weighted by Gasteiger charge is -2.13. The second-order valence-corrected chi connectivity index (χ2v) is 5.62. The van der Waals surface area contributed by atoms with Crippen LogP contribution < -0.4 is 10.1 Å². The van der Waals surface area contributed by atoms with Crippen LogP contribution in [0.2, 0.25) is 0 Å². The molecule has 4 rings (SSSR count). The third kappa shape index (κ3) is 1.33. The topological polar surface area (TPSA) is 21.3 Å². The predicted molar refractivity (Wildman–Crippen MR) is 73.2 cm³/mol. The fraction of sp³-hybridized carbons (Fsp3) is 0.375. The number of rotatable bonds is 2. The van der Waals surface area contributed by atoms with E-state index in [1.807, 2.05) is 6.07 Å². The highest BCUT2D eigenvalue weighted by Gasteiger charge is 2.57. The van der Waals surface area contributed by atoms with Crippen molar-refractivity contribution in [3.05, 3.63) is 42.0 Å². The van der Waals surface area contributed by atoms with Crippen molar-refractivity contribution in [3.63, 3.8) is 0 Å². The molecule has 2 aromatic rings.